The average molecular weight is 457 g/mol. The molecule has 0 amide bonds. The zero-order valence-electron chi connectivity index (χ0n) is 16.7. The second-order valence-electron chi connectivity index (χ2n) is 7.77. The van der Waals surface area contributed by atoms with E-state index in [1.807, 2.05) is 12.1 Å². The van der Waals surface area contributed by atoms with E-state index in [9.17, 15) is 9.90 Å². The Hall–Kier alpha value is -2.44. The number of hydrogen-bond acceptors (Lipinski definition) is 4. The van der Waals surface area contributed by atoms with E-state index in [2.05, 4.69) is 28.5 Å². The van der Waals surface area contributed by atoms with E-state index in [0.29, 0.717) is 17.1 Å². The Morgan fingerprint density at radius 3 is 2.55 bits per heavy atom. The molecule has 1 heterocycles. The van der Waals surface area contributed by atoms with Gasteiger partial charge in [0.05, 0.1) is 16.7 Å². The zero-order chi connectivity index (χ0) is 22.0. The van der Waals surface area contributed by atoms with Crippen molar-refractivity contribution in [2.75, 3.05) is 6.54 Å². The third-order valence-electron chi connectivity index (χ3n) is 5.70. The van der Waals surface area contributed by atoms with Crippen LogP contribution in [0, 0.1) is 0 Å². The first-order valence-electron chi connectivity index (χ1n) is 10.1. The number of halogens is 2. The summed E-state index contributed by atoms with van der Waals surface area (Å²) in [5.41, 5.74) is 5.57. The van der Waals surface area contributed by atoms with Crippen molar-refractivity contribution in [2.24, 2.45) is 0 Å². The number of aliphatic hydroxyl groups excluding tert-OH is 1. The maximum Gasteiger partial charge on any atom is 0.335 e. The molecule has 0 bridgehead atoms. The van der Waals surface area contributed by atoms with Crippen LogP contribution in [0.4, 0.5) is 0 Å². The minimum Gasteiger partial charge on any atom is -0.478 e. The van der Waals surface area contributed by atoms with E-state index in [4.69, 9.17) is 28.3 Å². The lowest BCUT2D eigenvalue weighted by atomic mass is 9.86. The van der Waals surface area contributed by atoms with Crippen molar-refractivity contribution in [1.82, 2.24) is 10.3 Å². The number of aliphatic hydroxyl groups is 1. The lowest BCUT2D eigenvalue weighted by Gasteiger charge is -2.27. The quantitative estimate of drug-likeness (QED) is 0.457. The number of nitrogens with one attached hydrogen (secondary N) is 1. The molecule has 0 aliphatic heterocycles. The fraction of sp³-hybridized carbons (Fsp3) is 0.250. The van der Waals surface area contributed by atoms with Crippen molar-refractivity contribution in [1.29, 1.82) is 0 Å². The molecule has 7 heteroatoms. The third kappa shape index (κ3) is 5.08. The van der Waals surface area contributed by atoms with E-state index in [1.165, 1.54) is 11.1 Å². The van der Waals surface area contributed by atoms with Crippen molar-refractivity contribution in [3.63, 3.8) is 0 Å². The molecule has 0 saturated heterocycles. The van der Waals surface area contributed by atoms with Gasteiger partial charge in [-0.2, -0.15) is 0 Å². The number of carbonyl (C=O) groups is 1. The number of aromatic carboxylic acids is 1. The first-order valence-corrected chi connectivity index (χ1v) is 10.8. The van der Waals surface area contributed by atoms with Gasteiger partial charge in [-0.1, -0.05) is 53.5 Å². The first kappa shape index (κ1) is 21.8. The van der Waals surface area contributed by atoms with Crippen molar-refractivity contribution in [3.05, 3.63) is 87.2 Å². The van der Waals surface area contributed by atoms with Crippen LogP contribution in [0.2, 0.25) is 10.2 Å². The van der Waals surface area contributed by atoms with Crippen LogP contribution in [0.3, 0.4) is 0 Å². The molecule has 1 aliphatic rings. The summed E-state index contributed by atoms with van der Waals surface area (Å²) in [6.45, 7) is 0.399. The standard InChI is InChI=1S/C24H22Cl2N2O3/c25-21-11-19(12-28-23(21)26)22(29)13-27-20-8-7-15-3-6-17(9-18(15)10-20)14-1-4-16(5-2-14)24(30)31/h1-6,9,11-12,20,22,27,29H,7-8,10,13H2,(H,30,31)/t20-,22+/m0/s1. The third-order valence-corrected chi connectivity index (χ3v) is 6.39. The van der Waals surface area contributed by atoms with Crippen LogP contribution in [-0.4, -0.2) is 33.8 Å². The maximum atomic E-state index is 11.1. The SMILES string of the molecule is O=C(O)c1ccc(-c2ccc3c(c2)C[C@@H](NC[C@@H](O)c2cnc(Cl)c(Cl)c2)CC3)cc1. The van der Waals surface area contributed by atoms with Gasteiger partial charge in [0.25, 0.3) is 0 Å². The van der Waals surface area contributed by atoms with Crippen molar-refractivity contribution < 1.29 is 15.0 Å². The second kappa shape index (κ2) is 9.37. The summed E-state index contributed by atoms with van der Waals surface area (Å²) < 4.78 is 0. The van der Waals surface area contributed by atoms with Crippen LogP contribution in [0.25, 0.3) is 11.1 Å². The van der Waals surface area contributed by atoms with E-state index in [-0.39, 0.29) is 16.8 Å². The molecule has 2 aromatic carbocycles. The van der Waals surface area contributed by atoms with E-state index >= 15 is 0 Å². The number of aryl methyl sites for hydroxylation is 1. The Bertz CT molecular complexity index is 1100. The molecule has 3 N–H and O–H groups in total. The second-order valence-corrected chi connectivity index (χ2v) is 8.54. The molecule has 0 unspecified atom stereocenters. The molecule has 1 aliphatic carbocycles. The summed E-state index contributed by atoms with van der Waals surface area (Å²) >= 11 is 11.8. The molecule has 4 rings (SSSR count). The van der Waals surface area contributed by atoms with Gasteiger partial charge in [0.1, 0.15) is 5.15 Å². The molecule has 1 aromatic heterocycles. The molecule has 2 atom stereocenters. The molecule has 0 fully saturated rings. The van der Waals surface area contributed by atoms with Gasteiger partial charge in [-0.05, 0) is 59.7 Å². The number of rotatable bonds is 6. The molecule has 3 aromatic rings. The number of benzene rings is 2. The maximum absolute atomic E-state index is 11.1. The largest absolute Gasteiger partial charge is 0.478 e. The van der Waals surface area contributed by atoms with Gasteiger partial charge in [-0.15, -0.1) is 0 Å². The van der Waals surface area contributed by atoms with Crippen LogP contribution in [0.15, 0.2) is 54.7 Å². The van der Waals surface area contributed by atoms with E-state index < -0.39 is 12.1 Å². The van der Waals surface area contributed by atoms with Gasteiger partial charge in [-0.3, -0.25) is 0 Å². The molecule has 0 saturated carbocycles. The number of fused-ring (bicyclic) bond motifs is 1. The van der Waals surface area contributed by atoms with Crippen LogP contribution < -0.4 is 5.32 Å². The number of aromatic nitrogens is 1. The molecule has 31 heavy (non-hydrogen) atoms. The van der Waals surface area contributed by atoms with Gasteiger partial charge in [0, 0.05) is 24.3 Å². The Morgan fingerprint density at radius 1 is 1.10 bits per heavy atom. The van der Waals surface area contributed by atoms with Crippen LogP contribution in [-0.2, 0) is 12.8 Å². The van der Waals surface area contributed by atoms with E-state index in [0.717, 1.165) is 30.4 Å². The molecule has 0 spiro atoms. The number of nitrogens with zero attached hydrogens (tertiary/aromatic N) is 1. The Labute approximate surface area is 190 Å². The minimum atomic E-state index is -0.926. The van der Waals surface area contributed by atoms with Gasteiger partial charge in [-0.25, -0.2) is 9.78 Å². The lowest BCUT2D eigenvalue weighted by Crippen LogP contribution is -2.37. The zero-order valence-corrected chi connectivity index (χ0v) is 18.2. The predicted octanol–water partition coefficient (Wildman–Crippen LogP) is 4.93. The van der Waals surface area contributed by atoms with Crippen LogP contribution in [0.1, 0.15) is 39.6 Å². The number of carboxylic acids is 1. The summed E-state index contributed by atoms with van der Waals surface area (Å²) in [4.78, 5) is 15.1. The molecular weight excluding hydrogens is 435 g/mol. The smallest absolute Gasteiger partial charge is 0.335 e. The fourth-order valence-corrected chi connectivity index (χ4v) is 4.21. The summed E-state index contributed by atoms with van der Waals surface area (Å²) in [5, 5.41) is 23.6. The summed E-state index contributed by atoms with van der Waals surface area (Å²) in [5.74, 6) is -0.926. The van der Waals surface area contributed by atoms with Gasteiger partial charge in [0.2, 0.25) is 0 Å². The van der Waals surface area contributed by atoms with Crippen molar-refractivity contribution >= 4 is 29.2 Å². The summed E-state index contributed by atoms with van der Waals surface area (Å²) in [6, 6.07) is 15.2. The highest BCUT2D eigenvalue weighted by Gasteiger charge is 2.20. The number of hydrogen-bond donors (Lipinski definition) is 3. The number of pyridine rings is 1. The topological polar surface area (TPSA) is 82.5 Å². The molecule has 0 radical (unpaired) electrons. The van der Waals surface area contributed by atoms with Crippen LogP contribution in [0.5, 0.6) is 0 Å². The Kier molecular flexibility index (Phi) is 6.58. The minimum absolute atomic E-state index is 0.225. The molecular formula is C24H22Cl2N2O3. The van der Waals surface area contributed by atoms with Gasteiger partial charge < -0.3 is 15.5 Å². The summed E-state index contributed by atoms with van der Waals surface area (Å²) in [6.07, 6.45) is 3.64. The Morgan fingerprint density at radius 2 is 1.84 bits per heavy atom. The summed E-state index contributed by atoms with van der Waals surface area (Å²) in [7, 11) is 0. The fourth-order valence-electron chi connectivity index (χ4n) is 3.93. The highest BCUT2D eigenvalue weighted by molar-refractivity contribution is 6.41. The average Bonchev–Trinajstić information content (AvgIpc) is 2.78. The Balaban J connectivity index is 1.42. The van der Waals surface area contributed by atoms with Gasteiger partial charge >= 0.3 is 5.97 Å². The molecule has 160 valence electrons. The number of carboxylic acid groups (broad SMARTS) is 1. The van der Waals surface area contributed by atoms with Crippen molar-refractivity contribution in [2.45, 2.75) is 31.4 Å². The monoisotopic (exact) mass is 456 g/mol. The first-order chi connectivity index (χ1) is 14.9. The van der Waals surface area contributed by atoms with Gasteiger partial charge in [0.15, 0.2) is 0 Å². The highest BCUT2D eigenvalue weighted by Crippen LogP contribution is 2.28. The molecule has 5 nitrogen and oxygen atoms in total. The predicted molar refractivity (Wildman–Crippen MR) is 122 cm³/mol. The van der Waals surface area contributed by atoms with Crippen molar-refractivity contribution in [3.8, 4) is 11.1 Å². The highest BCUT2D eigenvalue weighted by atomic mass is 35.5. The lowest BCUT2D eigenvalue weighted by molar-refractivity contribution is 0.0697. The van der Waals surface area contributed by atoms with Crippen LogP contribution >= 0.6 is 23.2 Å². The van der Waals surface area contributed by atoms with E-state index in [1.54, 1.807) is 24.4 Å². The normalized spacial score (nSPS) is 16.5.